The predicted octanol–water partition coefficient (Wildman–Crippen LogP) is 1.45. The lowest BCUT2D eigenvalue weighted by atomic mass is 10.5. The third-order valence-corrected chi connectivity index (χ3v) is 2.96. The first-order valence-electron chi connectivity index (χ1n) is 2.83. The third kappa shape index (κ3) is 0.791. The summed E-state index contributed by atoms with van der Waals surface area (Å²) in [5.74, 6) is 0. The maximum absolute atomic E-state index is 5.18. The van der Waals surface area contributed by atoms with Crippen LogP contribution in [0.4, 0.5) is 0 Å². The highest BCUT2D eigenvalue weighted by Gasteiger charge is 2.82. The van der Waals surface area contributed by atoms with E-state index in [1.54, 1.807) is 0 Å². The number of rotatable bonds is 2. The smallest absolute Gasteiger partial charge is 0.150 e. The van der Waals surface area contributed by atoms with Crippen molar-refractivity contribution >= 4 is 8.17 Å². The van der Waals surface area contributed by atoms with Crippen molar-refractivity contribution in [2.45, 2.75) is 26.4 Å². The molecule has 3 rings (SSSR count). The Morgan fingerprint density at radius 2 is 1.89 bits per heavy atom. The van der Waals surface area contributed by atoms with E-state index < -0.39 is 14.6 Å². The van der Waals surface area contributed by atoms with Gasteiger partial charge in [0.2, 0.25) is 0 Å². The van der Waals surface area contributed by atoms with Gasteiger partial charge in [-0.25, -0.2) is 0 Å². The summed E-state index contributed by atoms with van der Waals surface area (Å²) < 4.78 is 20.1. The third-order valence-electron chi connectivity index (χ3n) is 0.985. The fourth-order valence-corrected chi connectivity index (χ4v) is 2.02. The zero-order valence-electron chi connectivity index (χ0n) is 5.23. The molecule has 0 aromatic rings. The number of hydrogen-bond acceptors (Lipinski definition) is 4. The molecule has 0 N–H and O–H groups in total. The van der Waals surface area contributed by atoms with Gasteiger partial charge in [0.1, 0.15) is 6.10 Å². The monoisotopic (exact) mass is 151 g/mol. The minimum absolute atomic E-state index is 0.111. The van der Waals surface area contributed by atoms with Gasteiger partial charge < -0.3 is 0 Å². The lowest BCUT2D eigenvalue weighted by Crippen LogP contribution is -2.47. The topological polar surface area (TPSA) is 36.9 Å². The molecule has 0 spiro atoms. The van der Waals surface area contributed by atoms with E-state index in [-0.39, 0.29) is 6.10 Å². The second kappa shape index (κ2) is 1.65. The van der Waals surface area contributed by atoms with Gasteiger partial charge in [0.05, 0.1) is 0 Å². The van der Waals surface area contributed by atoms with Gasteiger partial charge in [-0.3, -0.25) is 0 Å². The van der Waals surface area contributed by atoms with Crippen molar-refractivity contribution in [3.63, 3.8) is 0 Å². The lowest BCUT2D eigenvalue weighted by Gasteiger charge is -2.40. The molecule has 5 heteroatoms. The van der Waals surface area contributed by atoms with Gasteiger partial charge in [0.15, 0.2) is 0 Å². The molecule has 9 heavy (non-hydrogen) atoms. The van der Waals surface area contributed by atoms with Gasteiger partial charge in [-0.1, -0.05) is 13.6 Å². The van der Waals surface area contributed by atoms with Crippen molar-refractivity contribution in [2.24, 2.45) is 0 Å². The minimum atomic E-state index is -2.16. The standard InChI is InChI=1S/C4H8O4P/c1-3(2)5-9-6-4(7-9)8-9/h3-4H,1-2H3/q+1. The van der Waals surface area contributed by atoms with Gasteiger partial charge in [0, 0.05) is 0 Å². The molecule has 0 aliphatic carbocycles. The van der Waals surface area contributed by atoms with Gasteiger partial charge in [-0.2, -0.15) is 0 Å². The van der Waals surface area contributed by atoms with Crippen LogP contribution in [0.5, 0.6) is 0 Å². The fourth-order valence-electron chi connectivity index (χ4n) is 0.673. The van der Waals surface area contributed by atoms with Crippen LogP contribution < -0.4 is 0 Å². The van der Waals surface area contributed by atoms with E-state index in [0.29, 0.717) is 0 Å². The molecule has 0 amide bonds. The molecule has 2 bridgehead atoms. The summed E-state index contributed by atoms with van der Waals surface area (Å²) >= 11 is 0. The summed E-state index contributed by atoms with van der Waals surface area (Å²) in [5.41, 5.74) is 0. The minimum Gasteiger partial charge on any atom is -0.150 e. The molecule has 4 nitrogen and oxygen atoms in total. The van der Waals surface area contributed by atoms with E-state index in [2.05, 4.69) is 0 Å². The maximum atomic E-state index is 5.18. The second-order valence-corrected chi connectivity index (χ2v) is 3.94. The van der Waals surface area contributed by atoms with Crippen molar-refractivity contribution in [2.75, 3.05) is 0 Å². The van der Waals surface area contributed by atoms with Crippen molar-refractivity contribution < 1.29 is 18.1 Å². The molecule has 0 aromatic heterocycles. The molecule has 52 valence electrons. The Bertz CT molecular complexity index is 120. The zero-order chi connectivity index (χ0) is 6.48. The van der Waals surface area contributed by atoms with E-state index in [1.165, 1.54) is 0 Å². The molecule has 0 unspecified atom stereocenters. The molecule has 0 radical (unpaired) electrons. The average molecular weight is 151 g/mol. The average Bonchev–Trinajstić information content (AvgIpc) is 1.50. The van der Waals surface area contributed by atoms with Crippen LogP contribution in [0.1, 0.15) is 13.8 Å². The van der Waals surface area contributed by atoms with Gasteiger partial charge in [-0.05, 0) is 13.8 Å². The first kappa shape index (κ1) is 6.01. The van der Waals surface area contributed by atoms with Crippen molar-refractivity contribution in [3.8, 4) is 0 Å². The van der Waals surface area contributed by atoms with E-state index in [0.717, 1.165) is 0 Å². The van der Waals surface area contributed by atoms with Crippen molar-refractivity contribution in [1.82, 2.24) is 0 Å². The zero-order valence-corrected chi connectivity index (χ0v) is 6.13. The Morgan fingerprint density at radius 1 is 1.33 bits per heavy atom. The highest BCUT2D eigenvalue weighted by atomic mass is 31.2. The molecule has 3 saturated heterocycles. The normalized spacial score (nSPS) is 46.3. The fraction of sp³-hybridized carbons (Fsp3) is 1.00. The Morgan fingerprint density at radius 3 is 2.00 bits per heavy atom. The SMILES string of the molecule is CC(C)O[P+]12OC(O1)O2. The second-order valence-electron chi connectivity index (χ2n) is 2.21. The van der Waals surface area contributed by atoms with Crippen LogP contribution >= 0.6 is 8.17 Å². The van der Waals surface area contributed by atoms with Gasteiger partial charge >= 0.3 is 14.6 Å². The van der Waals surface area contributed by atoms with Gasteiger partial charge in [0.25, 0.3) is 0 Å². The molecule has 3 aliphatic rings. The van der Waals surface area contributed by atoms with Gasteiger partial charge in [-0.15, -0.1) is 4.52 Å². The molecule has 0 aromatic carbocycles. The highest BCUT2D eigenvalue weighted by Crippen LogP contribution is 2.84. The maximum Gasteiger partial charge on any atom is 0.592 e. The van der Waals surface area contributed by atoms with Crippen molar-refractivity contribution in [3.05, 3.63) is 0 Å². The van der Waals surface area contributed by atoms with Crippen molar-refractivity contribution in [1.29, 1.82) is 0 Å². The van der Waals surface area contributed by atoms with Crippen LogP contribution in [0.3, 0.4) is 0 Å². The number of hydrogen-bond donors (Lipinski definition) is 0. The molecular weight excluding hydrogens is 143 g/mol. The van der Waals surface area contributed by atoms with E-state index in [4.69, 9.17) is 18.1 Å². The summed E-state index contributed by atoms with van der Waals surface area (Å²) in [6, 6.07) is 0. The summed E-state index contributed by atoms with van der Waals surface area (Å²) in [7, 11) is -2.16. The Kier molecular flexibility index (Phi) is 1.10. The molecular formula is C4H8O4P+. The summed E-state index contributed by atoms with van der Waals surface area (Å²) in [6.45, 7) is 3.42. The predicted molar refractivity (Wildman–Crippen MR) is 30.2 cm³/mol. The molecule has 3 heterocycles. The van der Waals surface area contributed by atoms with Crippen LogP contribution in [0.2, 0.25) is 0 Å². The largest absolute Gasteiger partial charge is 0.592 e. The Labute approximate surface area is 53.7 Å². The Balaban J connectivity index is 1.85. The van der Waals surface area contributed by atoms with Crippen LogP contribution in [0.15, 0.2) is 0 Å². The van der Waals surface area contributed by atoms with Crippen LogP contribution in [0.25, 0.3) is 0 Å². The molecule has 3 fully saturated rings. The Hall–Kier alpha value is 0.270. The molecule has 0 atom stereocenters. The summed E-state index contributed by atoms with van der Waals surface area (Å²) in [5, 5.41) is 0. The summed E-state index contributed by atoms with van der Waals surface area (Å²) in [4.78, 5) is 0. The quantitative estimate of drug-likeness (QED) is 0.559. The van der Waals surface area contributed by atoms with E-state index in [9.17, 15) is 0 Å². The first-order chi connectivity index (χ1) is 4.20. The van der Waals surface area contributed by atoms with Crippen LogP contribution in [0, 0.1) is 0 Å². The van der Waals surface area contributed by atoms with E-state index in [1.807, 2.05) is 13.8 Å². The van der Waals surface area contributed by atoms with Crippen LogP contribution in [-0.4, -0.2) is 12.6 Å². The summed E-state index contributed by atoms with van der Waals surface area (Å²) in [6.07, 6.45) is 0.111. The van der Waals surface area contributed by atoms with Crippen LogP contribution in [-0.2, 0) is 18.1 Å². The van der Waals surface area contributed by atoms with E-state index >= 15 is 0 Å². The molecule has 3 aliphatic heterocycles. The highest BCUT2D eigenvalue weighted by molar-refractivity contribution is 7.59. The lowest BCUT2D eigenvalue weighted by molar-refractivity contribution is -0.359. The molecule has 0 saturated carbocycles. The first-order valence-corrected chi connectivity index (χ1v) is 4.29.